The topological polar surface area (TPSA) is 45.9 Å². The summed E-state index contributed by atoms with van der Waals surface area (Å²) in [5, 5.41) is 0. The lowest BCUT2D eigenvalue weighted by atomic mass is 9.94. The normalized spacial score (nSPS) is 22.6. The van der Waals surface area contributed by atoms with E-state index in [1.165, 1.54) is 24.0 Å². The number of nitrogens with zero attached hydrogens (tertiary/aromatic N) is 2. The number of piperidine rings is 1. The van der Waals surface area contributed by atoms with Crippen LogP contribution >= 0.6 is 0 Å². The van der Waals surface area contributed by atoms with E-state index >= 15 is 0 Å². The van der Waals surface area contributed by atoms with Gasteiger partial charge in [-0.25, -0.2) is 0 Å². The van der Waals surface area contributed by atoms with Crippen molar-refractivity contribution in [1.82, 2.24) is 9.80 Å². The van der Waals surface area contributed by atoms with Crippen molar-refractivity contribution in [3.05, 3.63) is 65.6 Å². The minimum atomic E-state index is 0.0607. The van der Waals surface area contributed by atoms with Crippen molar-refractivity contribution in [2.75, 3.05) is 32.8 Å². The maximum Gasteiger partial charge on any atom is 0.246 e. The van der Waals surface area contributed by atoms with Crippen LogP contribution in [0.4, 0.5) is 0 Å². The SMILES string of the molecule is O=C(/C=C/c1ccco1)N(CC1CCN(C2Cc3ccccc3C2)CC1)C[C@@H]1CCCO1. The molecule has 3 aliphatic rings. The molecule has 5 rings (SSSR count). The lowest BCUT2D eigenvalue weighted by Crippen LogP contribution is -2.46. The first-order valence-electron chi connectivity index (χ1n) is 12.2. The molecule has 3 heterocycles. The van der Waals surface area contributed by atoms with Crippen LogP contribution in [0.1, 0.15) is 42.6 Å². The van der Waals surface area contributed by atoms with Gasteiger partial charge >= 0.3 is 0 Å². The first-order valence-corrected chi connectivity index (χ1v) is 12.2. The Labute approximate surface area is 191 Å². The van der Waals surface area contributed by atoms with Crippen molar-refractivity contribution < 1.29 is 13.9 Å². The van der Waals surface area contributed by atoms with E-state index in [-0.39, 0.29) is 12.0 Å². The number of likely N-dealkylation sites (tertiary alicyclic amines) is 1. The highest BCUT2D eigenvalue weighted by molar-refractivity contribution is 5.91. The van der Waals surface area contributed by atoms with Crippen LogP contribution in [0.25, 0.3) is 6.08 Å². The Morgan fingerprint density at radius 3 is 2.47 bits per heavy atom. The van der Waals surface area contributed by atoms with Crippen LogP contribution in [0.3, 0.4) is 0 Å². The highest BCUT2D eigenvalue weighted by atomic mass is 16.5. The summed E-state index contributed by atoms with van der Waals surface area (Å²) in [4.78, 5) is 17.7. The molecular weight excluding hydrogens is 400 g/mol. The second kappa shape index (κ2) is 10.1. The van der Waals surface area contributed by atoms with E-state index in [0.29, 0.717) is 24.3 Å². The molecule has 0 saturated carbocycles. The molecule has 1 aromatic carbocycles. The van der Waals surface area contributed by atoms with Crippen molar-refractivity contribution in [1.29, 1.82) is 0 Å². The summed E-state index contributed by atoms with van der Waals surface area (Å²) in [5.74, 6) is 1.32. The molecule has 2 saturated heterocycles. The van der Waals surface area contributed by atoms with Crippen molar-refractivity contribution in [2.45, 2.75) is 50.7 Å². The molecule has 1 aliphatic carbocycles. The number of hydrogen-bond acceptors (Lipinski definition) is 4. The van der Waals surface area contributed by atoms with E-state index in [1.807, 2.05) is 17.0 Å². The van der Waals surface area contributed by atoms with Gasteiger partial charge in [-0.1, -0.05) is 24.3 Å². The third-order valence-corrected chi connectivity index (χ3v) is 7.37. The van der Waals surface area contributed by atoms with Crippen molar-refractivity contribution in [3.63, 3.8) is 0 Å². The summed E-state index contributed by atoms with van der Waals surface area (Å²) < 4.78 is 11.2. The Morgan fingerprint density at radius 1 is 1.03 bits per heavy atom. The Bertz CT molecular complexity index is 884. The monoisotopic (exact) mass is 434 g/mol. The Hall–Kier alpha value is -2.37. The second-order valence-electron chi connectivity index (χ2n) is 9.54. The molecule has 1 amide bonds. The van der Waals surface area contributed by atoms with Crippen molar-refractivity contribution >= 4 is 12.0 Å². The highest BCUT2D eigenvalue weighted by Gasteiger charge is 2.31. The third kappa shape index (κ3) is 5.16. The number of rotatable bonds is 7. The van der Waals surface area contributed by atoms with E-state index in [0.717, 1.165) is 51.9 Å². The van der Waals surface area contributed by atoms with E-state index in [2.05, 4.69) is 29.2 Å². The smallest absolute Gasteiger partial charge is 0.246 e. The van der Waals surface area contributed by atoms with Crippen LogP contribution in [0, 0.1) is 5.92 Å². The van der Waals surface area contributed by atoms with Crippen LogP contribution in [-0.2, 0) is 22.4 Å². The summed E-state index contributed by atoms with van der Waals surface area (Å²) >= 11 is 0. The maximum atomic E-state index is 13.0. The number of carbonyl (C=O) groups is 1. The molecule has 2 aromatic rings. The highest BCUT2D eigenvalue weighted by Crippen LogP contribution is 2.29. The number of ether oxygens (including phenoxy) is 1. The van der Waals surface area contributed by atoms with Gasteiger partial charge in [0.15, 0.2) is 0 Å². The first kappa shape index (κ1) is 21.5. The standard InChI is InChI=1S/C27H34N2O3/c30-27(10-9-25-7-3-15-31-25)29(20-26-8-4-16-32-26)19-21-11-13-28(14-12-21)24-17-22-5-1-2-6-23(22)18-24/h1-3,5-7,9-10,15,21,24,26H,4,8,11-14,16-20H2/b10-9+/t26-/m0/s1. The molecule has 5 heteroatoms. The van der Waals surface area contributed by atoms with Gasteiger partial charge in [-0.05, 0) is 86.9 Å². The van der Waals surface area contributed by atoms with Gasteiger partial charge in [0, 0.05) is 31.8 Å². The molecule has 0 N–H and O–H groups in total. The number of amides is 1. The van der Waals surface area contributed by atoms with Gasteiger partial charge in [-0.15, -0.1) is 0 Å². The third-order valence-electron chi connectivity index (χ3n) is 7.37. The van der Waals surface area contributed by atoms with Gasteiger partial charge < -0.3 is 14.1 Å². The zero-order valence-electron chi connectivity index (χ0n) is 18.8. The van der Waals surface area contributed by atoms with Crippen LogP contribution in [0.5, 0.6) is 0 Å². The summed E-state index contributed by atoms with van der Waals surface area (Å²) in [6, 6.07) is 13.2. The Balaban J connectivity index is 1.16. The molecule has 0 unspecified atom stereocenters. The largest absolute Gasteiger partial charge is 0.465 e. The number of carbonyl (C=O) groups excluding carboxylic acids is 1. The van der Waals surface area contributed by atoms with Crippen LogP contribution in [0.15, 0.2) is 53.2 Å². The molecule has 5 nitrogen and oxygen atoms in total. The molecule has 0 bridgehead atoms. The Kier molecular flexibility index (Phi) is 6.75. The molecule has 170 valence electrons. The number of benzene rings is 1. The lowest BCUT2D eigenvalue weighted by Gasteiger charge is -2.38. The fourth-order valence-corrected chi connectivity index (χ4v) is 5.54. The minimum Gasteiger partial charge on any atom is -0.465 e. The molecule has 1 aromatic heterocycles. The predicted octanol–water partition coefficient (Wildman–Crippen LogP) is 4.18. The average molecular weight is 435 g/mol. The van der Waals surface area contributed by atoms with E-state index in [9.17, 15) is 4.79 Å². The molecule has 2 fully saturated rings. The van der Waals surface area contributed by atoms with Crippen molar-refractivity contribution in [3.8, 4) is 0 Å². The van der Waals surface area contributed by atoms with Gasteiger partial charge in [0.1, 0.15) is 5.76 Å². The van der Waals surface area contributed by atoms with E-state index < -0.39 is 0 Å². The summed E-state index contributed by atoms with van der Waals surface area (Å²) in [6.07, 6.45) is 12.0. The summed E-state index contributed by atoms with van der Waals surface area (Å²) in [7, 11) is 0. The maximum absolute atomic E-state index is 13.0. The van der Waals surface area contributed by atoms with E-state index in [4.69, 9.17) is 9.15 Å². The molecule has 32 heavy (non-hydrogen) atoms. The fraction of sp³-hybridized carbons (Fsp3) is 0.519. The van der Waals surface area contributed by atoms with Gasteiger partial charge in [-0.3, -0.25) is 9.69 Å². The molecule has 0 spiro atoms. The zero-order chi connectivity index (χ0) is 21.8. The first-order chi connectivity index (χ1) is 15.7. The predicted molar refractivity (Wildman–Crippen MR) is 125 cm³/mol. The molecular formula is C27H34N2O3. The fourth-order valence-electron chi connectivity index (χ4n) is 5.54. The second-order valence-corrected chi connectivity index (χ2v) is 9.54. The van der Waals surface area contributed by atoms with Crippen LogP contribution in [-0.4, -0.2) is 60.6 Å². The number of furan rings is 1. The average Bonchev–Trinajstić information content (AvgIpc) is 3.59. The van der Waals surface area contributed by atoms with E-state index in [1.54, 1.807) is 18.4 Å². The van der Waals surface area contributed by atoms with Crippen molar-refractivity contribution in [2.24, 2.45) is 5.92 Å². The molecule has 0 radical (unpaired) electrons. The molecule has 2 aliphatic heterocycles. The Morgan fingerprint density at radius 2 is 1.81 bits per heavy atom. The van der Waals surface area contributed by atoms with Gasteiger partial charge in [0.2, 0.25) is 5.91 Å². The van der Waals surface area contributed by atoms with Gasteiger partial charge in [0.25, 0.3) is 0 Å². The van der Waals surface area contributed by atoms with Crippen LogP contribution < -0.4 is 0 Å². The zero-order valence-corrected chi connectivity index (χ0v) is 18.8. The number of hydrogen-bond donors (Lipinski definition) is 0. The van der Waals surface area contributed by atoms with Gasteiger partial charge in [-0.2, -0.15) is 0 Å². The summed E-state index contributed by atoms with van der Waals surface area (Å²) in [5.41, 5.74) is 3.05. The van der Waals surface area contributed by atoms with Crippen LogP contribution in [0.2, 0.25) is 0 Å². The molecule has 1 atom stereocenters. The van der Waals surface area contributed by atoms with Gasteiger partial charge in [0.05, 0.1) is 12.4 Å². The quantitative estimate of drug-likeness (QED) is 0.614. The summed E-state index contributed by atoms with van der Waals surface area (Å²) in [6.45, 7) is 4.59. The number of fused-ring (bicyclic) bond motifs is 1. The lowest BCUT2D eigenvalue weighted by molar-refractivity contribution is -0.128. The minimum absolute atomic E-state index is 0.0607.